The lowest BCUT2D eigenvalue weighted by molar-refractivity contribution is -0.118. The van der Waals surface area contributed by atoms with Crippen LogP contribution in [-0.2, 0) is 10.2 Å². The van der Waals surface area contributed by atoms with Crippen LogP contribution in [0.5, 0.6) is 11.5 Å². The number of benzene rings is 3. The molecular weight excluding hydrogens is 454 g/mol. The largest absolute Gasteiger partial charge is 0.493 e. The summed E-state index contributed by atoms with van der Waals surface area (Å²) >= 11 is 6.40. The Bertz CT molecular complexity index is 1350. The molecule has 2 N–H and O–H groups in total. The SMILES string of the molecule is COc1ccc(-c2ccc(NC(=O)C3(c4ccccc4Cl)CC3)cc2-c2nnn[nH]2)cc1OC. The molecule has 0 radical (unpaired) electrons. The summed E-state index contributed by atoms with van der Waals surface area (Å²) < 4.78 is 10.8. The molecular formula is C25H22ClN5O3. The summed E-state index contributed by atoms with van der Waals surface area (Å²) in [4.78, 5) is 13.3. The fourth-order valence-corrected chi connectivity index (χ4v) is 4.51. The number of H-pyrrole nitrogens is 1. The van der Waals surface area contributed by atoms with E-state index in [-0.39, 0.29) is 5.91 Å². The van der Waals surface area contributed by atoms with Crippen molar-refractivity contribution >= 4 is 23.2 Å². The average Bonchev–Trinajstić information content (AvgIpc) is 3.49. The maximum atomic E-state index is 13.3. The van der Waals surface area contributed by atoms with Crippen LogP contribution in [0.4, 0.5) is 5.69 Å². The van der Waals surface area contributed by atoms with Crippen LogP contribution in [0, 0.1) is 0 Å². The predicted molar refractivity (Wildman–Crippen MR) is 129 cm³/mol. The summed E-state index contributed by atoms with van der Waals surface area (Å²) in [6.07, 6.45) is 1.51. The van der Waals surface area contributed by atoms with E-state index in [1.807, 2.05) is 60.7 Å². The number of tetrazole rings is 1. The number of rotatable bonds is 7. The Balaban J connectivity index is 1.51. The summed E-state index contributed by atoms with van der Waals surface area (Å²) in [5.74, 6) is 1.64. The Hall–Kier alpha value is -3.91. The molecule has 1 aliphatic rings. The lowest BCUT2D eigenvalue weighted by Crippen LogP contribution is -2.28. The third-order valence-corrected chi connectivity index (χ3v) is 6.48. The molecule has 9 heteroatoms. The molecule has 5 rings (SSSR count). The smallest absolute Gasteiger partial charge is 0.235 e. The Kier molecular flexibility index (Phi) is 5.67. The quantitative estimate of drug-likeness (QED) is 0.395. The van der Waals surface area contributed by atoms with Gasteiger partial charge in [0.2, 0.25) is 5.91 Å². The zero-order valence-corrected chi connectivity index (χ0v) is 19.4. The zero-order chi connectivity index (χ0) is 23.7. The molecule has 4 aromatic rings. The topological polar surface area (TPSA) is 102 Å². The molecule has 0 aliphatic heterocycles. The van der Waals surface area contributed by atoms with Crippen LogP contribution in [0.15, 0.2) is 60.7 Å². The van der Waals surface area contributed by atoms with E-state index in [0.29, 0.717) is 28.0 Å². The van der Waals surface area contributed by atoms with Crippen molar-refractivity contribution < 1.29 is 14.3 Å². The maximum Gasteiger partial charge on any atom is 0.235 e. The Morgan fingerprint density at radius 2 is 1.79 bits per heavy atom. The third-order valence-electron chi connectivity index (χ3n) is 6.15. The van der Waals surface area contributed by atoms with Crippen LogP contribution in [0.25, 0.3) is 22.5 Å². The zero-order valence-electron chi connectivity index (χ0n) is 18.6. The molecule has 172 valence electrons. The molecule has 0 bridgehead atoms. The van der Waals surface area contributed by atoms with E-state index in [0.717, 1.165) is 35.1 Å². The van der Waals surface area contributed by atoms with E-state index in [1.165, 1.54) is 0 Å². The number of halogens is 1. The highest BCUT2D eigenvalue weighted by atomic mass is 35.5. The van der Waals surface area contributed by atoms with Gasteiger partial charge >= 0.3 is 0 Å². The first-order chi connectivity index (χ1) is 16.6. The number of carbonyl (C=O) groups excluding carboxylic acids is 1. The van der Waals surface area contributed by atoms with Crippen LogP contribution in [-0.4, -0.2) is 40.8 Å². The molecule has 0 atom stereocenters. The number of carbonyl (C=O) groups is 1. The van der Waals surface area contributed by atoms with E-state index in [1.54, 1.807) is 14.2 Å². The van der Waals surface area contributed by atoms with Crippen molar-refractivity contribution in [2.45, 2.75) is 18.3 Å². The number of aromatic nitrogens is 4. The lowest BCUT2D eigenvalue weighted by Gasteiger charge is -2.18. The summed E-state index contributed by atoms with van der Waals surface area (Å²) in [7, 11) is 3.18. The molecule has 1 amide bonds. The number of ether oxygens (including phenoxy) is 2. The maximum absolute atomic E-state index is 13.3. The highest BCUT2D eigenvalue weighted by Crippen LogP contribution is 2.51. The van der Waals surface area contributed by atoms with Crippen molar-refractivity contribution in [1.82, 2.24) is 20.6 Å². The molecule has 1 aliphatic carbocycles. The van der Waals surface area contributed by atoms with Crippen molar-refractivity contribution in [2.24, 2.45) is 0 Å². The standard InChI is InChI=1S/C25H22ClN5O3/c1-33-21-10-7-15(13-22(21)34-2)17-9-8-16(14-18(17)23-28-30-31-29-23)27-24(32)25(11-12-25)19-5-3-4-6-20(19)26/h3-10,13-14H,11-12H2,1-2H3,(H,27,32)(H,28,29,30,31). The van der Waals surface area contributed by atoms with Gasteiger partial charge in [-0.2, -0.15) is 0 Å². The number of anilines is 1. The van der Waals surface area contributed by atoms with Gasteiger partial charge in [-0.3, -0.25) is 4.79 Å². The molecule has 0 unspecified atom stereocenters. The van der Waals surface area contributed by atoms with E-state index < -0.39 is 5.41 Å². The normalized spacial score (nSPS) is 13.9. The van der Waals surface area contributed by atoms with Crippen LogP contribution < -0.4 is 14.8 Å². The van der Waals surface area contributed by atoms with E-state index >= 15 is 0 Å². The highest BCUT2D eigenvalue weighted by Gasteiger charge is 2.52. The fraction of sp³-hybridized carbons (Fsp3) is 0.200. The number of nitrogens with zero attached hydrogens (tertiary/aromatic N) is 3. The van der Waals surface area contributed by atoms with Crippen molar-refractivity contribution in [3.05, 3.63) is 71.2 Å². The van der Waals surface area contributed by atoms with Crippen LogP contribution in [0.3, 0.4) is 0 Å². The molecule has 1 fully saturated rings. The Labute approximate surface area is 201 Å². The second-order valence-electron chi connectivity index (χ2n) is 8.10. The number of hydrogen-bond acceptors (Lipinski definition) is 6. The van der Waals surface area contributed by atoms with Gasteiger partial charge < -0.3 is 14.8 Å². The van der Waals surface area contributed by atoms with Crippen LogP contribution in [0.2, 0.25) is 5.02 Å². The minimum Gasteiger partial charge on any atom is -0.493 e. The Morgan fingerprint density at radius 1 is 1.00 bits per heavy atom. The van der Waals surface area contributed by atoms with E-state index in [4.69, 9.17) is 21.1 Å². The van der Waals surface area contributed by atoms with E-state index in [2.05, 4.69) is 25.9 Å². The number of nitrogens with one attached hydrogen (secondary N) is 2. The van der Waals surface area contributed by atoms with Crippen LogP contribution >= 0.6 is 11.6 Å². The first-order valence-electron chi connectivity index (χ1n) is 10.7. The number of hydrogen-bond donors (Lipinski definition) is 2. The van der Waals surface area contributed by atoms with Gasteiger partial charge in [-0.15, -0.1) is 5.10 Å². The summed E-state index contributed by atoms with van der Waals surface area (Å²) in [6.45, 7) is 0. The van der Waals surface area contributed by atoms with Gasteiger partial charge in [0, 0.05) is 16.3 Å². The molecule has 34 heavy (non-hydrogen) atoms. The molecule has 1 heterocycles. The van der Waals surface area contributed by atoms with Gasteiger partial charge in [-0.25, -0.2) is 5.10 Å². The van der Waals surface area contributed by atoms with Crippen molar-refractivity contribution in [3.8, 4) is 34.0 Å². The molecule has 3 aromatic carbocycles. The van der Waals surface area contributed by atoms with E-state index in [9.17, 15) is 4.79 Å². The van der Waals surface area contributed by atoms with Gasteiger partial charge in [0.1, 0.15) is 0 Å². The minimum absolute atomic E-state index is 0.0823. The number of aromatic amines is 1. The molecule has 1 saturated carbocycles. The van der Waals surface area contributed by atoms with Crippen molar-refractivity contribution in [1.29, 1.82) is 0 Å². The molecule has 0 saturated heterocycles. The summed E-state index contributed by atoms with van der Waals surface area (Å²) in [5.41, 5.74) is 3.38. The predicted octanol–water partition coefficient (Wildman–Crippen LogP) is 4.87. The molecule has 8 nitrogen and oxygen atoms in total. The monoisotopic (exact) mass is 475 g/mol. The van der Waals surface area contributed by atoms with Crippen molar-refractivity contribution in [2.75, 3.05) is 19.5 Å². The number of methoxy groups -OCH3 is 2. The van der Waals surface area contributed by atoms with Gasteiger partial charge in [0.25, 0.3) is 0 Å². The molecule has 0 spiro atoms. The van der Waals surface area contributed by atoms with Gasteiger partial charge in [0.05, 0.1) is 19.6 Å². The van der Waals surface area contributed by atoms with Crippen LogP contribution in [0.1, 0.15) is 18.4 Å². The highest BCUT2D eigenvalue weighted by molar-refractivity contribution is 6.32. The lowest BCUT2D eigenvalue weighted by atomic mass is 9.94. The summed E-state index contributed by atoms with van der Waals surface area (Å²) in [5, 5.41) is 18.0. The van der Waals surface area contributed by atoms with Crippen molar-refractivity contribution in [3.63, 3.8) is 0 Å². The Morgan fingerprint density at radius 3 is 2.47 bits per heavy atom. The molecule has 1 aromatic heterocycles. The fourth-order valence-electron chi connectivity index (χ4n) is 4.19. The summed E-state index contributed by atoms with van der Waals surface area (Å²) in [6, 6.07) is 18.8. The van der Waals surface area contributed by atoms with Gasteiger partial charge in [0.15, 0.2) is 17.3 Å². The average molecular weight is 476 g/mol. The van der Waals surface area contributed by atoms with Gasteiger partial charge in [-0.1, -0.05) is 41.9 Å². The second-order valence-corrected chi connectivity index (χ2v) is 8.50. The second kappa shape index (κ2) is 8.79. The first-order valence-corrected chi connectivity index (χ1v) is 11.1. The first kappa shape index (κ1) is 21.9. The minimum atomic E-state index is -0.603. The van der Waals surface area contributed by atoms with Gasteiger partial charge in [-0.05, 0) is 70.3 Å². The number of amides is 1. The third kappa shape index (κ3) is 3.86.